The van der Waals surface area contributed by atoms with Gasteiger partial charge in [0.25, 0.3) is 17.8 Å². The molecule has 324 valence electrons. The van der Waals surface area contributed by atoms with Crippen LogP contribution in [0.3, 0.4) is 0 Å². The molecule has 4 N–H and O–H groups in total. The number of nitrogens with one attached hydrogen (secondary N) is 3. The first-order valence-electron chi connectivity index (χ1n) is 21.3. The predicted molar refractivity (Wildman–Crippen MR) is 235 cm³/mol. The summed E-state index contributed by atoms with van der Waals surface area (Å²) in [6, 6.07) is 27.9. The Labute approximate surface area is 361 Å². The van der Waals surface area contributed by atoms with E-state index in [-0.39, 0.29) is 23.9 Å². The molecule has 15 nitrogen and oxygen atoms in total. The molecule has 1 aliphatic carbocycles. The minimum absolute atomic E-state index is 0.105. The van der Waals surface area contributed by atoms with Crippen molar-refractivity contribution in [2.75, 3.05) is 36.1 Å². The summed E-state index contributed by atoms with van der Waals surface area (Å²) in [5.74, 6) is 4.87. The SMILES string of the molecule is CC(=O)O.CC1C(=O)NN=C2COc3cc(OCc4ccccc4)c(CC4CCC4)cc3N21.CC1C(=O)NN=C2COc3cc(OCc4ccccc4)c(CC4CNC4)cc3N21. The number of hydrogen-bond acceptors (Lipinski definition) is 12. The number of carbonyl (C=O) groups is 3. The molecule has 2 fully saturated rings. The molecule has 5 aliphatic heterocycles. The summed E-state index contributed by atoms with van der Waals surface area (Å²) in [5.41, 5.74) is 11.5. The van der Waals surface area contributed by atoms with Gasteiger partial charge in [-0.3, -0.25) is 14.4 Å². The highest BCUT2D eigenvalue weighted by molar-refractivity contribution is 6.10. The van der Waals surface area contributed by atoms with Crippen LogP contribution in [0.2, 0.25) is 0 Å². The van der Waals surface area contributed by atoms with Gasteiger partial charge in [-0.25, -0.2) is 10.9 Å². The summed E-state index contributed by atoms with van der Waals surface area (Å²) in [6.07, 6.45) is 5.74. The smallest absolute Gasteiger partial charge is 0.300 e. The number of benzene rings is 4. The maximum atomic E-state index is 12.2. The van der Waals surface area contributed by atoms with Crippen molar-refractivity contribution in [3.05, 3.63) is 107 Å². The lowest BCUT2D eigenvalue weighted by Crippen LogP contribution is -2.55. The Bertz CT molecular complexity index is 2170. The number of nitrogens with zero attached hydrogens (tertiary/aromatic N) is 4. The summed E-state index contributed by atoms with van der Waals surface area (Å²) >= 11 is 0. The Morgan fingerprint density at radius 1 is 0.710 bits per heavy atom. The lowest BCUT2D eigenvalue weighted by Gasteiger charge is -2.38. The van der Waals surface area contributed by atoms with Crippen LogP contribution in [0.1, 0.15) is 62.3 Å². The van der Waals surface area contributed by atoms with Crippen LogP contribution < -0.4 is 44.9 Å². The Morgan fingerprint density at radius 3 is 1.53 bits per heavy atom. The van der Waals surface area contributed by atoms with E-state index in [0.29, 0.717) is 38.3 Å². The number of aliphatic carboxylic acids is 1. The van der Waals surface area contributed by atoms with Crippen molar-refractivity contribution in [2.24, 2.45) is 22.0 Å². The number of carbonyl (C=O) groups excluding carboxylic acids is 2. The first-order valence-corrected chi connectivity index (χ1v) is 21.3. The fourth-order valence-electron chi connectivity index (χ4n) is 8.06. The van der Waals surface area contributed by atoms with Crippen LogP contribution >= 0.6 is 0 Å². The molecule has 1 saturated heterocycles. The van der Waals surface area contributed by atoms with E-state index in [1.807, 2.05) is 72.2 Å². The molecule has 2 atom stereocenters. The van der Waals surface area contributed by atoms with Gasteiger partial charge in [0.2, 0.25) is 0 Å². The number of carboxylic acid groups (broad SMARTS) is 1. The van der Waals surface area contributed by atoms with Crippen LogP contribution in [-0.2, 0) is 40.4 Å². The van der Waals surface area contributed by atoms with Gasteiger partial charge in [0.15, 0.2) is 11.7 Å². The Hall–Kier alpha value is -6.61. The molecular weight excluding hydrogens is 791 g/mol. The molecule has 1 saturated carbocycles. The fraction of sp³-hybridized carbons (Fsp3) is 0.383. The molecule has 10 rings (SSSR count). The van der Waals surface area contributed by atoms with Gasteiger partial charge in [-0.15, -0.1) is 0 Å². The second-order valence-corrected chi connectivity index (χ2v) is 16.3. The summed E-state index contributed by atoms with van der Waals surface area (Å²) in [5, 5.41) is 19.1. The first-order chi connectivity index (χ1) is 30.1. The van der Waals surface area contributed by atoms with Crippen molar-refractivity contribution in [2.45, 2.75) is 78.2 Å². The zero-order valence-electron chi connectivity index (χ0n) is 35.3. The third-order valence-corrected chi connectivity index (χ3v) is 11.8. The number of carboxylic acids is 1. The third kappa shape index (κ3) is 9.62. The van der Waals surface area contributed by atoms with E-state index in [1.165, 1.54) is 24.8 Å². The number of amidine groups is 2. The standard InChI is InChI=1S/C23H25N3O3.C22H24N4O3.C2H4O2/c1-15-23(27)25-24-22-14-29-21-12-20(28-13-17-6-3-2-4-7-17)18(10-16-8-5-9-16)11-19(21)26(15)22;1-14-22(27)25-24-21-13-29-20-9-19(28-12-15-5-3-2-4-6-15)17(7-16-10-23-11-16)8-18(20)26(14)21;1-2(3)4/h2-4,6-7,11-12,15-16H,5,8-10,13-14H2,1H3,(H,25,27);2-6,8-9,14,16,23H,7,10-13H2,1H3,(H,25,27);1H3,(H,3,4). The highest BCUT2D eigenvalue weighted by Crippen LogP contribution is 2.43. The molecule has 0 aromatic heterocycles. The van der Waals surface area contributed by atoms with Crippen molar-refractivity contribution < 1.29 is 38.4 Å². The minimum Gasteiger partial charge on any atom is -0.488 e. The normalized spacial score (nSPS) is 19.7. The van der Waals surface area contributed by atoms with Crippen molar-refractivity contribution in [3.8, 4) is 23.0 Å². The van der Waals surface area contributed by atoms with Gasteiger partial charge in [-0.2, -0.15) is 10.2 Å². The van der Waals surface area contributed by atoms with E-state index >= 15 is 0 Å². The van der Waals surface area contributed by atoms with Gasteiger partial charge in [-0.05, 0) is 86.0 Å². The largest absolute Gasteiger partial charge is 0.488 e. The number of rotatable bonds is 10. The van der Waals surface area contributed by atoms with E-state index < -0.39 is 5.97 Å². The van der Waals surface area contributed by atoms with Crippen molar-refractivity contribution >= 4 is 40.8 Å². The molecule has 15 heteroatoms. The van der Waals surface area contributed by atoms with Gasteiger partial charge in [0.1, 0.15) is 61.5 Å². The average molecular weight is 844 g/mol. The minimum atomic E-state index is -0.833. The van der Waals surface area contributed by atoms with Gasteiger partial charge in [0.05, 0.1) is 11.4 Å². The third-order valence-electron chi connectivity index (χ3n) is 11.8. The van der Waals surface area contributed by atoms with Crippen LogP contribution in [0, 0.1) is 11.8 Å². The molecule has 4 aromatic rings. The van der Waals surface area contributed by atoms with Crippen molar-refractivity contribution in [3.63, 3.8) is 0 Å². The molecular formula is C47H53N7O8. The number of hydrogen-bond donors (Lipinski definition) is 4. The van der Waals surface area contributed by atoms with Crippen LogP contribution in [-0.4, -0.2) is 72.9 Å². The summed E-state index contributed by atoms with van der Waals surface area (Å²) in [7, 11) is 0. The lowest BCUT2D eigenvalue weighted by atomic mass is 9.80. The van der Waals surface area contributed by atoms with Crippen molar-refractivity contribution in [1.29, 1.82) is 0 Å². The van der Waals surface area contributed by atoms with Gasteiger partial charge >= 0.3 is 0 Å². The molecule has 6 aliphatic rings. The van der Waals surface area contributed by atoms with Crippen molar-refractivity contribution in [1.82, 2.24) is 16.2 Å². The molecule has 4 aromatic carbocycles. The fourth-order valence-corrected chi connectivity index (χ4v) is 8.06. The lowest BCUT2D eigenvalue weighted by molar-refractivity contribution is -0.134. The Balaban J connectivity index is 0.000000157. The van der Waals surface area contributed by atoms with Crippen LogP contribution in [0.25, 0.3) is 0 Å². The quantitative estimate of drug-likeness (QED) is 0.152. The second-order valence-electron chi connectivity index (χ2n) is 16.3. The van der Waals surface area contributed by atoms with Crippen LogP contribution in [0.15, 0.2) is 95.1 Å². The Morgan fingerprint density at radius 2 is 1.15 bits per heavy atom. The highest BCUT2D eigenvalue weighted by atomic mass is 16.5. The molecule has 2 amide bonds. The average Bonchev–Trinajstić information content (AvgIpc) is 3.24. The van der Waals surface area contributed by atoms with E-state index in [2.05, 4.69) is 62.8 Å². The summed E-state index contributed by atoms with van der Waals surface area (Å²) in [4.78, 5) is 37.3. The van der Waals surface area contributed by atoms with Gasteiger partial charge < -0.3 is 39.2 Å². The Kier molecular flexibility index (Phi) is 12.9. The maximum Gasteiger partial charge on any atom is 0.300 e. The summed E-state index contributed by atoms with van der Waals surface area (Å²) < 4.78 is 24.4. The second kappa shape index (κ2) is 19.0. The van der Waals surface area contributed by atoms with E-state index in [4.69, 9.17) is 28.8 Å². The first kappa shape index (κ1) is 42.1. The van der Waals surface area contributed by atoms with Crippen LogP contribution in [0.5, 0.6) is 23.0 Å². The number of hydrazone groups is 2. The monoisotopic (exact) mass is 843 g/mol. The van der Waals surface area contributed by atoms with E-state index in [9.17, 15) is 9.59 Å². The number of fused-ring (bicyclic) bond motifs is 6. The van der Waals surface area contributed by atoms with E-state index in [0.717, 1.165) is 95.6 Å². The zero-order chi connectivity index (χ0) is 43.2. The highest BCUT2D eigenvalue weighted by Gasteiger charge is 2.38. The molecule has 0 spiro atoms. The predicted octanol–water partition coefficient (Wildman–Crippen LogP) is 5.79. The molecule has 62 heavy (non-hydrogen) atoms. The molecule has 0 bridgehead atoms. The van der Waals surface area contributed by atoms with Gasteiger partial charge in [0, 0.05) is 19.1 Å². The molecule has 5 heterocycles. The molecule has 0 radical (unpaired) electrons. The maximum absolute atomic E-state index is 12.2. The zero-order valence-corrected chi connectivity index (χ0v) is 35.3. The number of amides is 2. The topological polar surface area (TPSA) is 176 Å². The number of ether oxygens (including phenoxy) is 4. The summed E-state index contributed by atoms with van der Waals surface area (Å²) in [6.45, 7) is 8.57. The van der Waals surface area contributed by atoms with Crippen LogP contribution in [0.4, 0.5) is 11.4 Å². The van der Waals surface area contributed by atoms with Gasteiger partial charge in [-0.1, -0.05) is 79.9 Å². The molecule has 2 unspecified atom stereocenters. The van der Waals surface area contributed by atoms with E-state index in [1.54, 1.807) is 0 Å². The number of anilines is 2.